The molecule has 5 nitrogen and oxygen atoms in total. The number of rotatable bonds is 5. The van der Waals surface area contributed by atoms with Gasteiger partial charge in [-0.05, 0) is 36.5 Å². The number of carboxylic acid groups (broad SMARTS) is 1. The van der Waals surface area contributed by atoms with Gasteiger partial charge in [0.1, 0.15) is 0 Å². The molecule has 1 aliphatic rings. The third-order valence-corrected chi connectivity index (χ3v) is 5.85. The highest BCUT2D eigenvalue weighted by molar-refractivity contribution is 7.89. The van der Waals surface area contributed by atoms with E-state index in [2.05, 4.69) is 6.92 Å². The molecular weight excluding hydrogens is 290 g/mol. The zero-order valence-electron chi connectivity index (χ0n) is 12.2. The first-order valence-corrected chi connectivity index (χ1v) is 8.68. The maximum Gasteiger partial charge on any atom is 0.307 e. The lowest BCUT2D eigenvalue weighted by Crippen LogP contribution is -2.39. The molecule has 0 saturated carbocycles. The number of piperidine rings is 1. The molecule has 0 radical (unpaired) electrons. The summed E-state index contributed by atoms with van der Waals surface area (Å²) in [6, 6.07) is 6.15. The van der Waals surface area contributed by atoms with Gasteiger partial charge in [0.15, 0.2) is 0 Å². The van der Waals surface area contributed by atoms with Crippen LogP contribution in [0, 0.1) is 5.92 Å². The predicted molar refractivity (Wildman–Crippen MR) is 79.6 cm³/mol. The van der Waals surface area contributed by atoms with Crippen LogP contribution in [0.25, 0.3) is 0 Å². The molecule has 1 heterocycles. The molecule has 0 spiro atoms. The van der Waals surface area contributed by atoms with Crippen LogP contribution in [-0.4, -0.2) is 36.9 Å². The molecule has 1 unspecified atom stereocenters. The topological polar surface area (TPSA) is 74.7 Å². The number of benzene rings is 1. The fourth-order valence-electron chi connectivity index (χ4n) is 2.68. The molecule has 0 aliphatic carbocycles. The van der Waals surface area contributed by atoms with E-state index in [9.17, 15) is 13.2 Å². The summed E-state index contributed by atoms with van der Waals surface area (Å²) in [5, 5.41) is 8.73. The zero-order valence-corrected chi connectivity index (χ0v) is 13.0. The summed E-state index contributed by atoms with van der Waals surface area (Å²) in [7, 11) is -3.46. The van der Waals surface area contributed by atoms with Crippen molar-refractivity contribution < 1.29 is 18.3 Å². The van der Waals surface area contributed by atoms with Crippen molar-refractivity contribution in [3.05, 3.63) is 29.8 Å². The van der Waals surface area contributed by atoms with Gasteiger partial charge in [-0.15, -0.1) is 0 Å². The third-order valence-electron chi connectivity index (χ3n) is 3.98. The fourth-order valence-corrected chi connectivity index (χ4v) is 4.24. The molecule has 1 aromatic rings. The van der Waals surface area contributed by atoms with Gasteiger partial charge < -0.3 is 5.11 Å². The molecule has 116 valence electrons. The molecule has 0 amide bonds. The summed E-state index contributed by atoms with van der Waals surface area (Å²) < 4.78 is 26.7. The maximum absolute atomic E-state index is 12.6. The summed E-state index contributed by atoms with van der Waals surface area (Å²) in [6.07, 6.45) is 2.88. The second-order valence-corrected chi connectivity index (χ2v) is 7.43. The zero-order chi connectivity index (χ0) is 15.5. The summed E-state index contributed by atoms with van der Waals surface area (Å²) in [5.41, 5.74) is 0.603. The molecule has 2 rings (SSSR count). The lowest BCUT2D eigenvalue weighted by molar-refractivity contribution is -0.136. The lowest BCUT2D eigenvalue weighted by atomic mass is 9.97. The molecule has 21 heavy (non-hydrogen) atoms. The largest absolute Gasteiger partial charge is 0.481 e. The van der Waals surface area contributed by atoms with Gasteiger partial charge in [0.25, 0.3) is 0 Å². The average molecular weight is 311 g/mol. The van der Waals surface area contributed by atoms with E-state index in [-0.39, 0.29) is 11.3 Å². The normalized spacial score (nSPS) is 20.3. The van der Waals surface area contributed by atoms with Crippen LogP contribution in [0.3, 0.4) is 0 Å². The van der Waals surface area contributed by atoms with E-state index in [4.69, 9.17) is 5.11 Å². The second-order valence-electron chi connectivity index (χ2n) is 5.49. The monoisotopic (exact) mass is 311 g/mol. The predicted octanol–water partition coefficient (Wildman–Crippen LogP) is 2.12. The van der Waals surface area contributed by atoms with Crippen molar-refractivity contribution in [1.29, 1.82) is 0 Å². The quantitative estimate of drug-likeness (QED) is 0.904. The van der Waals surface area contributed by atoms with Crippen molar-refractivity contribution in [1.82, 2.24) is 4.31 Å². The van der Waals surface area contributed by atoms with Crippen LogP contribution in [0.1, 0.15) is 31.7 Å². The Labute approximate surface area is 125 Å². The standard InChI is InChI=1S/C15H21NO4S/c1-2-12-4-3-9-16(11-12)21(19,20)14-7-5-13(6-8-14)10-15(17)18/h5-8,12H,2-4,9-11H2,1H3,(H,17,18). The Morgan fingerprint density at radius 2 is 2.00 bits per heavy atom. The SMILES string of the molecule is CCC1CCCN(S(=O)(=O)c2ccc(CC(=O)O)cc2)C1. The molecule has 1 saturated heterocycles. The molecule has 1 fully saturated rings. The highest BCUT2D eigenvalue weighted by Gasteiger charge is 2.29. The number of sulfonamides is 1. The van der Waals surface area contributed by atoms with Crippen LogP contribution < -0.4 is 0 Å². The minimum atomic E-state index is -3.46. The number of aliphatic carboxylic acids is 1. The Kier molecular flexibility index (Phi) is 5.00. The first-order chi connectivity index (χ1) is 9.93. The first-order valence-electron chi connectivity index (χ1n) is 7.24. The molecule has 6 heteroatoms. The molecule has 1 atom stereocenters. The molecule has 1 N–H and O–H groups in total. The van der Waals surface area contributed by atoms with Gasteiger partial charge in [-0.2, -0.15) is 4.31 Å². The number of carboxylic acids is 1. The Morgan fingerprint density at radius 1 is 1.33 bits per heavy atom. The van der Waals surface area contributed by atoms with Gasteiger partial charge in [-0.25, -0.2) is 8.42 Å². The van der Waals surface area contributed by atoms with Crippen molar-refractivity contribution in [3.8, 4) is 0 Å². The summed E-state index contributed by atoms with van der Waals surface area (Å²) in [5.74, 6) is -0.493. The van der Waals surface area contributed by atoms with Crippen LogP contribution in [0.2, 0.25) is 0 Å². The van der Waals surface area contributed by atoms with E-state index in [1.54, 1.807) is 16.4 Å². The van der Waals surface area contributed by atoms with Crippen LogP contribution >= 0.6 is 0 Å². The summed E-state index contributed by atoms with van der Waals surface area (Å²) in [6.45, 7) is 3.23. The van der Waals surface area contributed by atoms with Crippen molar-refractivity contribution in [3.63, 3.8) is 0 Å². The fraction of sp³-hybridized carbons (Fsp3) is 0.533. The van der Waals surface area contributed by atoms with Crippen molar-refractivity contribution in [2.75, 3.05) is 13.1 Å². The van der Waals surface area contributed by atoms with Crippen LogP contribution in [0.5, 0.6) is 0 Å². The van der Waals surface area contributed by atoms with Gasteiger partial charge in [-0.3, -0.25) is 4.79 Å². The molecule has 0 bridgehead atoms. The number of hydrogen-bond acceptors (Lipinski definition) is 3. The van der Waals surface area contributed by atoms with Gasteiger partial charge >= 0.3 is 5.97 Å². The first kappa shape index (κ1) is 16.0. The number of nitrogens with zero attached hydrogens (tertiary/aromatic N) is 1. The second kappa shape index (κ2) is 6.58. The van der Waals surface area contributed by atoms with E-state index in [1.165, 1.54) is 12.1 Å². The minimum Gasteiger partial charge on any atom is -0.481 e. The van der Waals surface area contributed by atoms with Crippen LogP contribution in [0.15, 0.2) is 29.2 Å². The number of hydrogen-bond donors (Lipinski definition) is 1. The van der Waals surface area contributed by atoms with Crippen LogP contribution in [-0.2, 0) is 21.2 Å². The van der Waals surface area contributed by atoms with Crippen molar-refractivity contribution >= 4 is 16.0 Å². The Hall–Kier alpha value is -1.40. The summed E-state index contributed by atoms with van der Waals surface area (Å²) in [4.78, 5) is 10.9. The smallest absolute Gasteiger partial charge is 0.307 e. The van der Waals surface area contributed by atoms with Gasteiger partial charge in [0.05, 0.1) is 11.3 Å². The van der Waals surface area contributed by atoms with E-state index >= 15 is 0 Å². The summed E-state index contributed by atoms with van der Waals surface area (Å²) >= 11 is 0. The Morgan fingerprint density at radius 3 is 2.57 bits per heavy atom. The lowest BCUT2D eigenvalue weighted by Gasteiger charge is -2.31. The van der Waals surface area contributed by atoms with E-state index in [0.29, 0.717) is 24.6 Å². The minimum absolute atomic E-state index is 0.0953. The van der Waals surface area contributed by atoms with Crippen molar-refractivity contribution in [2.24, 2.45) is 5.92 Å². The van der Waals surface area contributed by atoms with Crippen molar-refractivity contribution in [2.45, 2.75) is 37.5 Å². The maximum atomic E-state index is 12.6. The van der Waals surface area contributed by atoms with E-state index < -0.39 is 16.0 Å². The molecule has 1 aromatic carbocycles. The number of carbonyl (C=O) groups is 1. The average Bonchev–Trinajstić information content (AvgIpc) is 2.47. The van der Waals surface area contributed by atoms with E-state index in [1.807, 2.05) is 0 Å². The van der Waals surface area contributed by atoms with Gasteiger partial charge in [0.2, 0.25) is 10.0 Å². The van der Waals surface area contributed by atoms with Gasteiger partial charge in [0, 0.05) is 13.1 Å². The molecular formula is C15H21NO4S. The molecule has 0 aromatic heterocycles. The Balaban J connectivity index is 2.17. The Bertz CT molecular complexity index is 595. The highest BCUT2D eigenvalue weighted by atomic mass is 32.2. The molecule has 1 aliphatic heterocycles. The van der Waals surface area contributed by atoms with E-state index in [0.717, 1.165) is 19.3 Å². The third kappa shape index (κ3) is 3.83. The van der Waals surface area contributed by atoms with Gasteiger partial charge in [-0.1, -0.05) is 25.5 Å². The highest BCUT2D eigenvalue weighted by Crippen LogP contribution is 2.25. The van der Waals surface area contributed by atoms with Crippen LogP contribution in [0.4, 0.5) is 0 Å².